The van der Waals surface area contributed by atoms with E-state index in [0.29, 0.717) is 6.61 Å². The molecule has 0 aliphatic heterocycles. The average molecular weight is 408 g/mol. The summed E-state index contributed by atoms with van der Waals surface area (Å²) in [6.45, 7) is 0.341. The fraction of sp³-hybridized carbons (Fsp3) is 0.0909. The van der Waals surface area contributed by atoms with Gasteiger partial charge < -0.3 is 4.74 Å². The van der Waals surface area contributed by atoms with Crippen molar-refractivity contribution in [1.82, 2.24) is 14.8 Å². The fourth-order valence-corrected chi connectivity index (χ4v) is 3.77. The van der Waals surface area contributed by atoms with Gasteiger partial charge in [0.25, 0.3) is 0 Å². The average Bonchev–Trinajstić information content (AvgIpc) is 3.16. The van der Waals surface area contributed by atoms with Crippen LogP contribution >= 0.6 is 23.4 Å². The molecule has 4 nitrogen and oxygen atoms in total. The van der Waals surface area contributed by atoms with Gasteiger partial charge in [-0.05, 0) is 42.0 Å². The van der Waals surface area contributed by atoms with Crippen LogP contribution in [0.1, 0.15) is 11.4 Å². The quantitative estimate of drug-likeness (QED) is 0.363. The Morgan fingerprint density at radius 1 is 0.821 bits per heavy atom. The minimum absolute atomic E-state index is 0.341. The van der Waals surface area contributed by atoms with Crippen LogP contribution in [0.15, 0.2) is 90.1 Å². The third-order valence-corrected chi connectivity index (χ3v) is 5.36. The summed E-state index contributed by atoms with van der Waals surface area (Å²) in [5.41, 5.74) is 2.19. The van der Waals surface area contributed by atoms with Gasteiger partial charge in [-0.2, -0.15) is 0 Å². The number of benzene rings is 3. The SMILES string of the molecule is Clc1ccc(CSc2nnc(COc3ccccc3)n2-c2ccccc2)cc1. The van der Waals surface area contributed by atoms with Crippen molar-refractivity contribution in [3.05, 3.63) is 101 Å². The Morgan fingerprint density at radius 3 is 2.21 bits per heavy atom. The number of rotatable bonds is 7. The molecule has 0 saturated carbocycles. The van der Waals surface area contributed by atoms with Crippen molar-refractivity contribution in [3.8, 4) is 11.4 Å². The first kappa shape index (κ1) is 18.6. The summed E-state index contributed by atoms with van der Waals surface area (Å²) < 4.78 is 7.94. The molecule has 1 heterocycles. The number of ether oxygens (including phenoxy) is 1. The second kappa shape index (κ2) is 8.95. The number of halogens is 1. The smallest absolute Gasteiger partial charge is 0.196 e. The first-order valence-electron chi connectivity index (χ1n) is 8.84. The minimum Gasteiger partial charge on any atom is -0.486 e. The molecule has 0 fully saturated rings. The summed E-state index contributed by atoms with van der Waals surface area (Å²) >= 11 is 7.61. The molecular formula is C22H18ClN3OS. The molecular weight excluding hydrogens is 390 g/mol. The molecule has 3 aromatic carbocycles. The summed E-state index contributed by atoms with van der Waals surface area (Å²) in [5.74, 6) is 2.34. The van der Waals surface area contributed by atoms with Gasteiger partial charge >= 0.3 is 0 Å². The van der Waals surface area contributed by atoms with Crippen LogP contribution < -0.4 is 4.74 Å². The van der Waals surface area contributed by atoms with Gasteiger partial charge in [0.1, 0.15) is 12.4 Å². The molecule has 6 heteroatoms. The molecule has 4 aromatic rings. The number of aromatic nitrogens is 3. The zero-order valence-electron chi connectivity index (χ0n) is 15.0. The van der Waals surface area contributed by atoms with Gasteiger partial charge in [0, 0.05) is 16.5 Å². The summed E-state index contributed by atoms with van der Waals surface area (Å²) in [7, 11) is 0. The highest BCUT2D eigenvalue weighted by Gasteiger charge is 2.15. The first-order valence-corrected chi connectivity index (χ1v) is 10.2. The van der Waals surface area contributed by atoms with E-state index in [0.717, 1.165) is 33.2 Å². The lowest BCUT2D eigenvalue weighted by atomic mass is 10.2. The van der Waals surface area contributed by atoms with Crippen LogP contribution in [-0.2, 0) is 12.4 Å². The van der Waals surface area contributed by atoms with Crippen molar-refractivity contribution in [1.29, 1.82) is 0 Å². The van der Waals surface area contributed by atoms with Gasteiger partial charge in [-0.3, -0.25) is 4.57 Å². The maximum Gasteiger partial charge on any atom is 0.196 e. The monoisotopic (exact) mass is 407 g/mol. The van der Waals surface area contributed by atoms with Gasteiger partial charge in [0.05, 0.1) is 0 Å². The Labute approximate surface area is 173 Å². The molecule has 28 heavy (non-hydrogen) atoms. The molecule has 0 atom stereocenters. The third-order valence-electron chi connectivity index (χ3n) is 4.11. The van der Waals surface area contributed by atoms with Crippen molar-refractivity contribution in [2.24, 2.45) is 0 Å². The van der Waals surface area contributed by atoms with Gasteiger partial charge in [0.2, 0.25) is 0 Å². The summed E-state index contributed by atoms with van der Waals surface area (Å²) in [6.07, 6.45) is 0. The highest BCUT2D eigenvalue weighted by Crippen LogP contribution is 2.26. The normalized spacial score (nSPS) is 10.8. The molecule has 0 bridgehead atoms. The van der Waals surface area contributed by atoms with Crippen molar-refractivity contribution in [3.63, 3.8) is 0 Å². The number of nitrogens with zero attached hydrogens (tertiary/aromatic N) is 3. The van der Waals surface area contributed by atoms with Crippen LogP contribution in [0.2, 0.25) is 5.02 Å². The molecule has 0 unspecified atom stereocenters. The van der Waals surface area contributed by atoms with Crippen LogP contribution in [0, 0.1) is 0 Å². The molecule has 4 rings (SSSR count). The van der Waals surface area contributed by atoms with E-state index in [9.17, 15) is 0 Å². The lowest BCUT2D eigenvalue weighted by molar-refractivity contribution is 0.293. The second-order valence-corrected chi connectivity index (χ2v) is 7.47. The minimum atomic E-state index is 0.341. The van der Waals surface area contributed by atoms with E-state index in [-0.39, 0.29) is 0 Å². The number of hydrogen-bond acceptors (Lipinski definition) is 4. The van der Waals surface area contributed by atoms with Gasteiger partial charge in [0.15, 0.2) is 11.0 Å². The number of hydrogen-bond donors (Lipinski definition) is 0. The Kier molecular flexibility index (Phi) is 5.95. The maximum absolute atomic E-state index is 5.98. The van der Waals surface area contributed by atoms with Gasteiger partial charge in [-0.15, -0.1) is 10.2 Å². The van der Waals surface area contributed by atoms with E-state index in [1.165, 1.54) is 5.56 Å². The topological polar surface area (TPSA) is 39.9 Å². The van der Waals surface area contributed by atoms with Crippen LogP contribution in [-0.4, -0.2) is 14.8 Å². The fourth-order valence-electron chi connectivity index (χ4n) is 2.72. The zero-order chi connectivity index (χ0) is 19.2. The third kappa shape index (κ3) is 4.55. The molecule has 0 amide bonds. The molecule has 0 aliphatic rings. The predicted octanol–water partition coefficient (Wildman–Crippen LogP) is 5.79. The molecule has 0 N–H and O–H groups in total. The van der Waals surface area contributed by atoms with E-state index in [2.05, 4.69) is 10.2 Å². The molecule has 0 saturated heterocycles. The first-order chi connectivity index (χ1) is 13.8. The zero-order valence-corrected chi connectivity index (χ0v) is 16.6. The van der Waals surface area contributed by atoms with Crippen LogP contribution in [0.3, 0.4) is 0 Å². The molecule has 140 valence electrons. The highest BCUT2D eigenvalue weighted by atomic mass is 35.5. The van der Waals surface area contributed by atoms with Crippen molar-refractivity contribution < 1.29 is 4.74 Å². The van der Waals surface area contributed by atoms with E-state index in [1.54, 1.807) is 11.8 Å². The Morgan fingerprint density at radius 2 is 1.50 bits per heavy atom. The van der Waals surface area contributed by atoms with Crippen molar-refractivity contribution in [2.45, 2.75) is 17.5 Å². The van der Waals surface area contributed by atoms with E-state index in [4.69, 9.17) is 16.3 Å². The van der Waals surface area contributed by atoms with Crippen LogP contribution in [0.25, 0.3) is 5.69 Å². The number of thioether (sulfide) groups is 1. The lowest BCUT2D eigenvalue weighted by Gasteiger charge is -2.11. The van der Waals surface area contributed by atoms with Crippen LogP contribution in [0.5, 0.6) is 5.75 Å². The van der Waals surface area contributed by atoms with E-state index < -0.39 is 0 Å². The summed E-state index contributed by atoms with van der Waals surface area (Å²) in [6, 6.07) is 27.7. The number of para-hydroxylation sites is 2. The van der Waals surface area contributed by atoms with E-state index in [1.807, 2.05) is 89.5 Å². The Balaban J connectivity index is 1.57. The van der Waals surface area contributed by atoms with Crippen molar-refractivity contribution in [2.75, 3.05) is 0 Å². The van der Waals surface area contributed by atoms with Crippen LogP contribution in [0.4, 0.5) is 0 Å². The molecule has 1 aromatic heterocycles. The Bertz CT molecular complexity index is 1020. The largest absolute Gasteiger partial charge is 0.486 e. The predicted molar refractivity (Wildman–Crippen MR) is 113 cm³/mol. The van der Waals surface area contributed by atoms with E-state index >= 15 is 0 Å². The molecule has 0 spiro atoms. The Hall–Kier alpha value is -2.76. The van der Waals surface area contributed by atoms with Gasteiger partial charge in [-0.25, -0.2) is 0 Å². The summed E-state index contributed by atoms with van der Waals surface area (Å²) in [5, 5.41) is 10.4. The standard InChI is InChI=1S/C22H18ClN3OS/c23-18-13-11-17(12-14-18)16-28-22-25-24-21(15-27-20-9-5-2-6-10-20)26(22)19-7-3-1-4-8-19/h1-14H,15-16H2. The molecule has 0 aliphatic carbocycles. The molecule has 0 radical (unpaired) electrons. The summed E-state index contributed by atoms with van der Waals surface area (Å²) in [4.78, 5) is 0. The van der Waals surface area contributed by atoms with Crippen molar-refractivity contribution >= 4 is 23.4 Å². The second-order valence-electron chi connectivity index (χ2n) is 6.09. The highest BCUT2D eigenvalue weighted by molar-refractivity contribution is 7.98. The lowest BCUT2D eigenvalue weighted by Crippen LogP contribution is -2.06. The van der Waals surface area contributed by atoms with Gasteiger partial charge in [-0.1, -0.05) is 71.9 Å². The maximum atomic E-state index is 5.98.